The first kappa shape index (κ1) is 9.34. The fourth-order valence-electron chi connectivity index (χ4n) is 2.00. The van der Waals surface area contributed by atoms with Crippen LogP contribution >= 0.6 is 0 Å². The van der Waals surface area contributed by atoms with Crippen LogP contribution in [0.3, 0.4) is 0 Å². The molecule has 0 N–H and O–H groups in total. The molecule has 0 amide bonds. The molecule has 2 rings (SSSR count). The summed E-state index contributed by atoms with van der Waals surface area (Å²) in [5, 5.41) is 0. The number of carbonyl (C=O) groups excluding carboxylic acids is 2. The summed E-state index contributed by atoms with van der Waals surface area (Å²) in [6, 6.07) is 0. The number of ether oxygens (including phenoxy) is 1. The molecule has 1 saturated carbocycles. The van der Waals surface area contributed by atoms with Crippen molar-refractivity contribution >= 4 is 11.6 Å². The molecule has 0 bridgehead atoms. The average molecular weight is 192 g/mol. The van der Waals surface area contributed by atoms with Crippen LogP contribution in [0.5, 0.6) is 0 Å². The predicted octanol–water partition coefficient (Wildman–Crippen LogP) is 1.05. The molecule has 3 nitrogen and oxygen atoms in total. The van der Waals surface area contributed by atoms with Gasteiger partial charge >= 0.3 is 0 Å². The number of fused-ring (bicyclic) bond motifs is 1. The van der Waals surface area contributed by atoms with Crippen LogP contribution in [0.2, 0.25) is 0 Å². The summed E-state index contributed by atoms with van der Waals surface area (Å²) in [6.45, 7) is 0. The Kier molecular flexibility index (Phi) is 2.33. The Balaban J connectivity index is 2.31. The van der Waals surface area contributed by atoms with Crippen LogP contribution in [-0.4, -0.2) is 24.8 Å². The fourth-order valence-corrected chi connectivity index (χ4v) is 2.00. The highest BCUT2D eigenvalue weighted by Crippen LogP contribution is 2.30. The van der Waals surface area contributed by atoms with Crippen molar-refractivity contribution in [2.24, 2.45) is 5.92 Å². The molecule has 0 aliphatic heterocycles. The van der Waals surface area contributed by atoms with Gasteiger partial charge < -0.3 is 4.74 Å². The van der Waals surface area contributed by atoms with Gasteiger partial charge in [-0.1, -0.05) is 18.2 Å². The number of ketones is 2. The standard InChI is InChI=1S/C11H12O3/c1-14-10-6-9(12)7-4-2-3-5-8(7)11(10)13/h2-4,8,10H,5-6H2,1H3. The lowest BCUT2D eigenvalue weighted by Crippen LogP contribution is -2.40. The Morgan fingerprint density at radius 3 is 2.93 bits per heavy atom. The van der Waals surface area contributed by atoms with Crippen LogP contribution in [-0.2, 0) is 14.3 Å². The third kappa shape index (κ3) is 1.34. The van der Waals surface area contributed by atoms with Crippen molar-refractivity contribution in [3.8, 4) is 0 Å². The van der Waals surface area contributed by atoms with Gasteiger partial charge in [0.2, 0.25) is 0 Å². The van der Waals surface area contributed by atoms with Gasteiger partial charge in [-0.25, -0.2) is 0 Å². The minimum atomic E-state index is -0.531. The Morgan fingerprint density at radius 2 is 2.21 bits per heavy atom. The second-order valence-electron chi connectivity index (χ2n) is 3.59. The van der Waals surface area contributed by atoms with Gasteiger partial charge in [-0.3, -0.25) is 9.59 Å². The molecule has 2 aliphatic rings. The topological polar surface area (TPSA) is 43.4 Å². The van der Waals surface area contributed by atoms with Gasteiger partial charge in [-0.15, -0.1) is 0 Å². The molecule has 0 aromatic heterocycles. The average Bonchev–Trinajstić information content (AvgIpc) is 2.23. The van der Waals surface area contributed by atoms with Gasteiger partial charge in [-0.2, -0.15) is 0 Å². The molecule has 74 valence electrons. The van der Waals surface area contributed by atoms with E-state index in [1.807, 2.05) is 12.2 Å². The van der Waals surface area contributed by atoms with Gasteiger partial charge in [-0.05, 0) is 6.42 Å². The van der Waals surface area contributed by atoms with E-state index in [1.54, 1.807) is 6.08 Å². The Hall–Kier alpha value is -1.22. The highest BCUT2D eigenvalue weighted by Gasteiger charge is 2.39. The van der Waals surface area contributed by atoms with Crippen molar-refractivity contribution in [3.05, 3.63) is 23.8 Å². The van der Waals surface area contributed by atoms with Crippen LogP contribution in [0, 0.1) is 5.92 Å². The number of allylic oxidation sites excluding steroid dienone is 4. The van der Waals surface area contributed by atoms with Crippen molar-refractivity contribution in [1.29, 1.82) is 0 Å². The SMILES string of the molecule is COC1CC(=O)C2=CC=CCC2C1=O. The smallest absolute Gasteiger partial charge is 0.169 e. The first-order chi connectivity index (χ1) is 6.74. The van der Waals surface area contributed by atoms with E-state index in [-0.39, 0.29) is 23.9 Å². The number of hydrogen-bond donors (Lipinski definition) is 0. The maximum absolute atomic E-state index is 11.8. The predicted molar refractivity (Wildman–Crippen MR) is 50.8 cm³/mol. The summed E-state index contributed by atoms with van der Waals surface area (Å²) < 4.78 is 5.00. The second kappa shape index (κ2) is 3.50. The zero-order valence-electron chi connectivity index (χ0n) is 8.03. The first-order valence-corrected chi connectivity index (χ1v) is 4.70. The highest BCUT2D eigenvalue weighted by molar-refractivity contribution is 6.09. The molecular weight excluding hydrogens is 180 g/mol. The number of rotatable bonds is 1. The molecule has 14 heavy (non-hydrogen) atoms. The van der Waals surface area contributed by atoms with Gasteiger partial charge in [0.15, 0.2) is 11.6 Å². The monoisotopic (exact) mass is 192 g/mol. The lowest BCUT2D eigenvalue weighted by Gasteiger charge is -2.28. The Labute approximate surface area is 82.4 Å². The van der Waals surface area contributed by atoms with E-state index in [4.69, 9.17) is 4.74 Å². The lowest BCUT2D eigenvalue weighted by atomic mass is 9.77. The molecule has 2 atom stereocenters. The zero-order chi connectivity index (χ0) is 10.1. The minimum absolute atomic E-state index is 0.0442. The molecule has 3 heteroatoms. The normalized spacial score (nSPS) is 31.4. The van der Waals surface area contributed by atoms with Crippen molar-refractivity contribution < 1.29 is 14.3 Å². The molecule has 1 fully saturated rings. The summed E-state index contributed by atoms with van der Waals surface area (Å²) in [7, 11) is 1.48. The maximum atomic E-state index is 11.8. The molecule has 0 aromatic rings. The number of methoxy groups -OCH3 is 1. The van der Waals surface area contributed by atoms with Crippen LogP contribution in [0.1, 0.15) is 12.8 Å². The van der Waals surface area contributed by atoms with Crippen LogP contribution in [0.25, 0.3) is 0 Å². The van der Waals surface area contributed by atoms with Crippen molar-refractivity contribution in [1.82, 2.24) is 0 Å². The molecule has 0 saturated heterocycles. The van der Waals surface area contributed by atoms with E-state index >= 15 is 0 Å². The molecule has 0 aromatic carbocycles. The van der Waals surface area contributed by atoms with E-state index in [1.165, 1.54) is 7.11 Å². The van der Waals surface area contributed by atoms with Crippen LogP contribution in [0.15, 0.2) is 23.8 Å². The summed E-state index contributed by atoms with van der Waals surface area (Å²) >= 11 is 0. The number of Topliss-reactive ketones (excluding diaryl/α,β-unsaturated/α-hetero) is 2. The van der Waals surface area contributed by atoms with Crippen molar-refractivity contribution in [2.75, 3.05) is 7.11 Å². The molecule has 2 unspecified atom stereocenters. The zero-order valence-corrected chi connectivity index (χ0v) is 8.03. The van der Waals surface area contributed by atoms with Gasteiger partial charge in [0.1, 0.15) is 6.10 Å². The second-order valence-corrected chi connectivity index (χ2v) is 3.59. The van der Waals surface area contributed by atoms with E-state index in [0.717, 1.165) is 0 Å². The molecule has 0 spiro atoms. The Morgan fingerprint density at radius 1 is 1.43 bits per heavy atom. The molecule has 0 heterocycles. The lowest BCUT2D eigenvalue weighted by molar-refractivity contribution is -0.139. The van der Waals surface area contributed by atoms with E-state index in [2.05, 4.69) is 0 Å². The number of carbonyl (C=O) groups is 2. The van der Waals surface area contributed by atoms with Gasteiger partial charge in [0, 0.05) is 19.1 Å². The van der Waals surface area contributed by atoms with Crippen LogP contribution in [0.4, 0.5) is 0 Å². The largest absolute Gasteiger partial charge is 0.373 e. The summed E-state index contributed by atoms with van der Waals surface area (Å²) in [5.74, 6) is -0.167. The minimum Gasteiger partial charge on any atom is -0.373 e. The summed E-state index contributed by atoms with van der Waals surface area (Å²) in [4.78, 5) is 23.4. The quantitative estimate of drug-likeness (QED) is 0.623. The summed E-state index contributed by atoms with van der Waals surface area (Å²) in [6.07, 6.45) is 5.81. The van der Waals surface area contributed by atoms with Gasteiger partial charge in [0.05, 0.1) is 5.92 Å². The van der Waals surface area contributed by atoms with Crippen LogP contribution < -0.4 is 0 Å². The first-order valence-electron chi connectivity index (χ1n) is 4.70. The van der Waals surface area contributed by atoms with Gasteiger partial charge in [0.25, 0.3) is 0 Å². The highest BCUT2D eigenvalue weighted by atomic mass is 16.5. The summed E-state index contributed by atoms with van der Waals surface area (Å²) in [5.41, 5.74) is 0.658. The molecule has 0 radical (unpaired) electrons. The van der Waals surface area contributed by atoms with Crippen molar-refractivity contribution in [3.63, 3.8) is 0 Å². The molecular formula is C11H12O3. The van der Waals surface area contributed by atoms with Crippen molar-refractivity contribution in [2.45, 2.75) is 18.9 Å². The van der Waals surface area contributed by atoms with E-state index < -0.39 is 6.10 Å². The van der Waals surface area contributed by atoms with E-state index in [0.29, 0.717) is 12.0 Å². The third-order valence-electron chi connectivity index (χ3n) is 2.80. The molecule has 2 aliphatic carbocycles. The van der Waals surface area contributed by atoms with E-state index in [9.17, 15) is 9.59 Å². The fraction of sp³-hybridized carbons (Fsp3) is 0.455. The number of hydrogen-bond acceptors (Lipinski definition) is 3. The third-order valence-corrected chi connectivity index (χ3v) is 2.80. The Bertz CT molecular complexity index is 338. The maximum Gasteiger partial charge on any atom is 0.169 e.